The molecule has 0 aliphatic heterocycles. The summed E-state index contributed by atoms with van der Waals surface area (Å²) in [6.45, 7) is 0. The van der Waals surface area contributed by atoms with Gasteiger partial charge in [-0.25, -0.2) is 0 Å². The van der Waals surface area contributed by atoms with Gasteiger partial charge >= 0.3 is 5.97 Å². The van der Waals surface area contributed by atoms with Gasteiger partial charge in [0.2, 0.25) is 0 Å². The topological polar surface area (TPSA) is 80.4 Å². The van der Waals surface area contributed by atoms with Crippen LogP contribution in [0.4, 0.5) is 0 Å². The molecule has 1 aromatic carbocycles. The molecule has 1 rings (SSSR count). The van der Waals surface area contributed by atoms with Gasteiger partial charge < -0.3 is 10.8 Å². The first-order valence-electron chi connectivity index (χ1n) is 4.77. The Hall–Kier alpha value is -1.33. The van der Waals surface area contributed by atoms with Crippen molar-refractivity contribution in [3.8, 4) is 0 Å². The van der Waals surface area contributed by atoms with Crippen LogP contribution in [0.2, 0.25) is 0 Å². The van der Waals surface area contributed by atoms with E-state index in [1.54, 1.807) is 0 Å². The summed E-state index contributed by atoms with van der Waals surface area (Å²) in [4.78, 5) is 21.9. The lowest BCUT2D eigenvalue weighted by atomic mass is 10.2. The lowest BCUT2D eigenvalue weighted by Gasteiger charge is -2.04. The van der Waals surface area contributed by atoms with Crippen molar-refractivity contribution in [3.05, 3.63) is 35.9 Å². The second kappa shape index (κ2) is 6.30. The first-order chi connectivity index (χ1) is 7.59. The van der Waals surface area contributed by atoms with E-state index in [9.17, 15) is 9.59 Å². The zero-order chi connectivity index (χ0) is 12.0. The van der Waals surface area contributed by atoms with Crippen molar-refractivity contribution in [3.63, 3.8) is 0 Å². The smallest absolute Gasteiger partial charge is 0.321 e. The van der Waals surface area contributed by atoms with E-state index < -0.39 is 12.0 Å². The van der Waals surface area contributed by atoms with Crippen LogP contribution in [0.5, 0.6) is 0 Å². The van der Waals surface area contributed by atoms with E-state index in [4.69, 9.17) is 10.8 Å². The van der Waals surface area contributed by atoms with E-state index in [0.717, 1.165) is 17.3 Å². The molecule has 0 heterocycles. The molecular weight excluding hydrogens is 226 g/mol. The number of rotatable bonds is 5. The van der Waals surface area contributed by atoms with Crippen molar-refractivity contribution in [2.45, 2.75) is 12.5 Å². The minimum atomic E-state index is -1.08. The second-order valence-corrected chi connectivity index (χ2v) is 4.37. The molecule has 5 heteroatoms. The van der Waals surface area contributed by atoms with Crippen LogP contribution in [0.15, 0.2) is 30.3 Å². The number of carboxylic acid groups (broad SMARTS) is 1. The molecule has 0 aliphatic carbocycles. The number of carbonyl (C=O) groups excluding carboxylic acids is 1. The molecular formula is C11H13NO3S. The molecule has 0 fully saturated rings. The van der Waals surface area contributed by atoms with Crippen LogP contribution in [0, 0.1) is 0 Å². The Labute approximate surface area is 97.8 Å². The number of carbonyl (C=O) groups is 2. The molecule has 0 aliphatic rings. The maximum atomic E-state index is 11.5. The van der Waals surface area contributed by atoms with Crippen LogP contribution in [0.1, 0.15) is 5.56 Å². The Morgan fingerprint density at radius 1 is 1.31 bits per heavy atom. The molecule has 4 nitrogen and oxygen atoms in total. The summed E-state index contributed by atoms with van der Waals surface area (Å²) in [6.07, 6.45) is 0.303. The van der Waals surface area contributed by atoms with Gasteiger partial charge in [0.1, 0.15) is 6.04 Å². The standard InChI is InChI=1S/C11H13NO3S/c12-9(11(14)15)7-16-10(13)6-8-4-2-1-3-5-8/h1-5,9H,6-7,12H2,(H,14,15)/t9-/m1/s1. The normalized spacial score (nSPS) is 12.1. The zero-order valence-electron chi connectivity index (χ0n) is 8.63. The number of nitrogens with two attached hydrogens (primary N) is 1. The van der Waals surface area contributed by atoms with E-state index >= 15 is 0 Å². The molecule has 0 saturated heterocycles. The average Bonchev–Trinajstić information content (AvgIpc) is 2.27. The van der Waals surface area contributed by atoms with Crippen LogP contribution < -0.4 is 5.73 Å². The van der Waals surface area contributed by atoms with E-state index in [1.807, 2.05) is 30.3 Å². The van der Waals surface area contributed by atoms with Gasteiger partial charge in [-0.05, 0) is 5.56 Å². The average molecular weight is 239 g/mol. The van der Waals surface area contributed by atoms with E-state index in [0.29, 0.717) is 6.42 Å². The van der Waals surface area contributed by atoms with Crippen LogP contribution in [-0.2, 0) is 16.0 Å². The van der Waals surface area contributed by atoms with Crippen molar-refractivity contribution >= 4 is 22.8 Å². The van der Waals surface area contributed by atoms with Crippen molar-refractivity contribution in [2.24, 2.45) is 5.73 Å². The number of hydrogen-bond donors (Lipinski definition) is 2. The monoisotopic (exact) mass is 239 g/mol. The highest BCUT2D eigenvalue weighted by Gasteiger charge is 2.14. The van der Waals surface area contributed by atoms with Gasteiger partial charge in [-0.1, -0.05) is 42.1 Å². The first kappa shape index (κ1) is 12.7. The van der Waals surface area contributed by atoms with Gasteiger partial charge in [-0.2, -0.15) is 0 Å². The Bertz CT molecular complexity index is 367. The summed E-state index contributed by atoms with van der Waals surface area (Å²) in [5.41, 5.74) is 6.21. The largest absolute Gasteiger partial charge is 0.480 e. The maximum Gasteiger partial charge on any atom is 0.321 e. The molecule has 0 radical (unpaired) electrons. The Kier molecular flexibility index (Phi) is 5.01. The third-order valence-electron chi connectivity index (χ3n) is 1.93. The van der Waals surface area contributed by atoms with Crippen LogP contribution in [0.3, 0.4) is 0 Å². The quantitative estimate of drug-likeness (QED) is 0.798. The van der Waals surface area contributed by atoms with Crippen molar-refractivity contribution in [1.29, 1.82) is 0 Å². The van der Waals surface area contributed by atoms with Gasteiger partial charge in [0.05, 0.1) is 0 Å². The minimum absolute atomic E-state index is 0.0668. The predicted molar refractivity (Wildman–Crippen MR) is 63.2 cm³/mol. The van der Waals surface area contributed by atoms with E-state index in [1.165, 1.54) is 0 Å². The number of carboxylic acids is 1. The summed E-state index contributed by atoms with van der Waals surface area (Å²) in [6, 6.07) is 8.32. The fourth-order valence-corrected chi connectivity index (χ4v) is 1.84. The van der Waals surface area contributed by atoms with E-state index in [2.05, 4.69) is 0 Å². The number of thioether (sulfide) groups is 1. The van der Waals surface area contributed by atoms with Crippen molar-refractivity contribution < 1.29 is 14.7 Å². The third kappa shape index (κ3) is 4.46. The Morgan fingerprint density at radius 2 is 1.94 bits per heavy atom. The summed E-state index contributed by atoms with van der Waals surface area (Å²) < 4.78 is 0. The van der Waals surface area contributed by atoms with E-state index in [-0.39, 0.29) is 10.9 Å². The number of benzene rings is 1. The molecule has 1 atom stereocenters. The highest BCUT2D eigenvalue weighted by molar-refractivity contribution is 8.13. The predicted octanol–water partition coefficient (Wildman–Crippen LogP) is 0.901. The summed E-state index contributed by atoms with van der Waals surface area (Å²) >= 11 is 0.963. The van der Waals surface area contributed by atoms with Gasteiger partial charge in [-0.3, -0.25) is 9.59 Å². The van der Waals surface area contributed by atoms with Gasteiger partial charge in [0.25, 0.3) is 0 Å². The van der Waals surface area contributed by atoms with Crippen LogP contribution >= 0.6 is 11.8 Å². The molecule has 0 amide bonds. The third-order valence-corrected chi connectivity index (χ3v) is 2.92. The molecule has 0 saturated carbocycles. The Morgan fingerprint density at radius 3 is 2.50 bits per heavy atom. The van der Waals surface area contributed by atoms with Crippen molar-refractivity contribution in [1.82, 2.24) is 0 Å². The molecule has 86 valence electrons. The molecule has 3 N–H and O–H groups in total. The molecule has 16 heavy (non-hydrogen) atoms. The lowest BCUT2D eigenvalue weighted by Crippen LogP contribution is -2.32. The minimum Gasteiger partial charge on any atom is -0.480 e. The molecule has 0 bridgehead atoms. The lowest BCUT2D eigenvalue weighted by molar-refractivity contribution is -0.137. The molecule has 0 spiro atoms. The van der Waals surface area contributed by atoms with Crippen LogP contribution in [-0.4, -0.2) is 28.0 Å². The highest BCUT2D eigenvalue weighted by Crippen LogP contribution is 2.09. The maximum absolute atomic E-state index is 11.5. The molecule has 0 unspecified atom stereocenters. The zero-order valence-corrected chi connectivity index (χ0v) is 9.44. The number of hydrogen-bond acceptors (Lipinski definition) is 4. The second-order valence-electron chi connectivity index (χ2n) is 3.29. The van der Waals surface area contributed by atoms with Gasteiger partial charge in [-0.15, -0.1) is 0 Å². The fraction of sp³-hybridized carbons (Fsp3) is 0.273. The van der Waals surface area contributed by atoms with Crippen molar-refractivity contribution in [2.75, 3.05) is 5.75 Å². The fourth-order valence-electron chi connectivity index (χ4n) is 1.07. The van der Waals surface area contributed by atoms with Gasteiger partial charge in [0, 0.05) is 12.2 Å². The first-order valence-corrected chi connectivity index (χ1v) is 5.76. The highest BCUT2D eigenvalue weighted by atomic mass is 32.2. The summed E-state index contributed by atoms with van der Waals surface area (Å²) in [5, 5.41) is 8.47. The Balaban J connectivity index is 2.35. The summed E-state index contributed by atoms with van der Waals surface area (Å²) in [7, 11) is 0. The number of aliphatic carboxylic acids is 1. The van der Waals surface area contributed by atoms with Crippen LogP contribution in [0.25, 0.3) is 0 Å². The molecule has 1 aromatic rings. The summed E-state index contributed by atoms with van der Waals surface area (Å²) in [5.74, 6) is -0.971. The SMILES string of the molecule is N[C@H](CSC(=O)Cc1ccccc1)C(=O)O. The van der Waals surface area contributed by atoms with Gasteiger partial charge in [0.15, 0.2) is 5.12 Å². The molecule has 0 aromatic heterocycles.